The highest BCUT2D eigenvalue weighted by Gasteiger charge is 2.14. The van der Waals surface area contributed by atoms with Gasteiger partial charge in [-0.15, -0.1) is 11.3 Å². The van der Waals surface area contributed by atoms with E-state index in [0.29, 0.717) is 6.54 Å². The van der Waals surface area contributed by atoms with Crippen LogP contribution in [0.5, 0.6) is 0 Å². The Balaban J connectivity index is 2.40. The molecule has 0 radical (unpaired) electrons. The van der Waals surface area contributed by atoms with Gasteiger partial charge < -0.3 is 9.73 Å². The number of nitrogens with one attached hydrogen (secondary N) is 1. The lowest BCUT2D eigenvalue weighted by Crippen LogP contribution is -2.05. The van der Waals surface area contributed by atoms with Crippen LogP contribution in [0.4, 0.5) is 0 Å². The van der Waals surface area contributed by atoms with Crippen molar-refractivity contribution in [3.63, 3.8) is 0 Å². The Hall–Kier alpha value is -0.170. The standard InChI is InChI=1S/C9H8Br2N2OS/c1-12-3-6-8(14-4-13-6)7-2-5(10)9(11)15-7/h2,4,12H,3H2,1H3. The number of nitrogens with zero attached hydrogens (tertiary/aromatic N) is 1. The first-order valence-electron chi connectivity index (χ1n) is 4.24. The van der Waals surface area contributed by atoms with E-state index in [-0.39, 0.29) is 0 Å². The summed E-state index contributed by atoms with van der Waals surface area (Å²) in [6.45, 7) is 0.707. The van der Waals surface area contributed by atoms with Crippen LogP contribution in [-0.4, -0.2) is 12.0 Å². The van der Waals surface area contributed by atoms with Gasteiger partial charge in [0.1, 0.15) is 5.69 Å². The predicted octanol–water partition coefficient (Wildman–Crippen LogP) is 3.65. The van der Waals surface area contributed by atoms with Gasteiger partial charge in [0.25, 0.3) is 0 Å². The topological polar surface area (TPSA) is 38.1 Å². The fourth-order valence-corrected chi connectivity index (χ4v) is 3.27. The molecule has 0 bridgehead atoms. The molecule has 2 aromatic rings. The Kier molecular flexibility index (Phi) is 3.60. The van der Waals surface area contributed by atoms with Crippen LogP contribution in [-0.2, 0) is 6.54 Å². The lowest BCUT2D eigenvalue weighted by molar-refractivity contribution is 0.571. The first-order valence-corrected chi connectivity index (χ1v) is 6.64. The van der Waals surface area contributed by atoms with Gasteiger partial charge in [0.2, 0.25) is 0 Å². The number of halogens is 2. The molecule has 0 atom stereocenters. The van der Waals surface area contributed by atoms with Crippen LogP contribution in [0.25, 0.3) is 10.6 Å². The summed E-state index contributed by atoms with van der Waals surface area (Å²) in [6.07, 6.45) is 1.48. The normalized spacial score (nSPS) is 10.9. The van der Waals surface area contributed by atoms with Gasteiger partial charge in [-0.1, -0.05) is 0 Å². The molecule has 0 amide bonds. The molecule has 0 aliphatic rings. The maximum Gasteiger partial charge on any atom is 0.181 e. The van der Waals surface area contributed by atoms with Gasteiger partial charge in [0.05, 0.1) is 8.66 Å². The Labute approximate surface area is 108 Å². The molecule has 0 aliphatic carbocycles. The van der Waals surface area contributed by atoms with Crippen LogP contribution < -0.4 is 5.32 Å². The lowest BCUT2D eigenvalue weighted by Gasteiger charge is -1.96. The molecule has 2 rings (SSSR count). The maximum absolute atomic E-state index is 5.39. The molecule has 0 spiro atoms. The molecule has 0 saturated heterocycles. The summed E-state index contributed by atoms with van der Waals surface area (Å²) in [5.41, 5.74) is 0.929. The van der Waals surface area contributed by atoms with E-state index in [1.165, 1.54) is 6.39 Å². The summed E-state index contributed by atoms with van der Waals surface area (Å²) < 4.78 is 7.49. The second kappa shape index (κ2) is 4.78. The van der Waals surface area contributed by atoms with Crippen molar-refractivity contribution in [2.75, 3.05) is 7.05 Å². The van der Waals surface area contributed by atoms with Crippen molar-refractivity contribution in [1.29, 1.82) is 0 Å². The Morgan fingerprint density at radius 1 is 1.53 bits per heavy atom. The molecular weight excluding hydrogens is 344 g/mol. The second-order valence-corrected chi connectivity index (χ2v) is 6.12. The van der Waals surface area contributed by atoms with Crippen LogP contribution in [0.3, 0.4) is 0 Å². The van der Waals surface area contributed by atoms with Crippen molar-refractivity contribution in [3.8, 4) is 10.6 Å². The molecule has 15 heavy (non-hydrogen) atoms. The smallest absolute Gasteiger partial charge is 0.181 e. The number of aromatic nitrogens is 1. The van der Waals surface area contributed by atoms with Crippen molar-refractivity contribution in [2.24, 2.45) is 0 Å². The zero-order valence-electron chi connectivity index (χ0n) is 7.88. The van der Waals surface area contributed by atoms with Crippen molar-refractivity contribution in [1.82, 2.24) is 10.3 Å². The summed E-state index contributed by atoms with van der Waals surface area (Å²) >= 11 is 8.53. The molecule has 6 heteroatoms. The summed E-state index contributed by atoms with van der Waals surface area (Å²) in [4.78, 5) is 5.23. The predicted molar refractivity (Wildman–Crippen MR) is 68.0 cm³/mol. The third-order valence-electron chi connectivity index (χ3n) is 1.85. The Morgan fingerprint density at radius 2 is 2.33 bits per heavy atom. The molecule has 2 aromatic heterocycles. The van der Waals surface area contributed by atoms with E-state index in [4.69, 9.17) is 4.42 Å². The van der Waals surface area contributed by atoms with E-state index in [1.54, 1.807) is 11.3 Å². The molecule has 0 fully saturated rings. The van der Waals surface area contributed by atoms with E-state index in [0.717, 1.165) is 24.6 Å². The molecular formula is C9H8Br2N2OS. The Morgan fingerprint density at radius 3 is 2.93 bits per heavy atom. The number of thiophene rings is 1. The van der Waals surface area contributed by atoms with Gasteiger partial charge >= 0.3 is 0 Å². The van der Waals surface area contributed by atoms with Crippen LogP contribution in [0.1, 0.15) is 5.69 Å². The number of oxazole rings is 1. The largest absolute Gasteiger partial charge is 0.442 e. The molecule has 0 aliphatic heterocycles. The highest BCUT2D eigenvalue weighted by molar-refractivity contribution is 9.13. The summed E-state index contributed by atoms with van der Waals surface area (Å²) in [5.74, 6) is 0.834. The van der Waals surface area contributed by atoms with Gasteiger partial charge in [0, 0.05) is 11.0 Å². The average Bonchev–Trinajstić information content (AvgIpc) is 2.76. The Bertz CT molecular complexity index is 447. The third kappa shape index (κ3) is 2.33. The van der Waals surface area contributed by atoms with E-state index in [1.807, 2.05) is 13.1 Å². The monoisotopic (exact) mass is 350 g/mol. The van der Waals surface area contributed by atoms with E-state index < -0.39 is 0 Å². The summed E-state index contributed by atoms with van der Waals surface area (Å²) in [5, 5.41) is 3.06. The number of hydrogen-bond acceptors (Lipinski definition) is 4. The molecule has 2 heterocycles. The zero-order valence-corrected chi connectivity index (χ0v) is 11.9. The molecule has 80 valence electrons. The minimum atomic E-state index is 0.707. The molecule has 0 unspecified atom stereocenters. The van der Waals surface area contributed by atoms with E-state index in [9.17, 15) is 0 Å². The van der Waals surface area contributed by atoms with Gasteiger partial charge in [-0.25, -0.2) is 4.98 Å². The lowest BCUT2D eigenvalue weighted by atomic mass is 10.3. The molecule has 0 aromatic carbocycles. The first-order chi connectivity index (χ1) is 7.22. The number of hydrogen-bond donors (Lipinski definition) is 1. The SMILES string of the molecule is CNCc1ncoc1-c1cc(Br)c(Br)s1. The summed E-state index contributed by atoms with van der Waals surface area (Å²) in [6, 6.07) is 2.02. The highest BCUT2D eigenvalue weighted by Crippen LogP contribution is 2.39. The van der Waals surface area contributed by atoms with E-state index in [2.05, 4.69) is 42.2 Å². The minimum Gasteiger partial charge on any atom is -0.442 e. The fourth-order valence-electron chi connectivity index (χ4n) is 1.22. The molecule has 0 saturated carbocycles. The first kappa shape index (κ1) is 11.3. The van der Waals surface area contributed by atoms with Crippen molar-refractivity contribution in [2.45, 2.75) is 6.54 Å². The van der Waals surface area contributed by atoms with Gasteiger partial charge in [-0.2, -0.15) is 0 Å². The van der Waals surface area contributed by atoms with Crippen molar-refractivity contribution in [3.05, 3.63) is 26.4 Å². The highest BCUT2D eigenvalue weighted by atomic mass is 79.9. The summed E-state index contributed by atoms with van der Waals surface area (Å²) in [7, 11) is 1.89. The van der Waals surface area contributed by atoms with Crippen LogP contribution in [0.15, 0.2) is 25.1 Å². The van der Waals surface area contributed by atoms with Crippen molar-refractivity contribution >= 4 is 43.2 Å². The third-order valence-corrected chi connectivity index (χ3v) is 5.11. The van der Waals surface area contributed by atoms with Gasteiger partial charge in [-0.3, -0.25) is 0 Å². The fraction of sp³-hybridized carbons (Fsp3) is 0.222. The van der Waals surface area contributed by atoms with Crippen LogP contribution >= 0.6 is 43.2 Å². The number of rotatable bonds is 3. The minimum absolute atomic E-state index is 0.707. The van der Waals surface area contributed by atoms with Crippen molar-refractivity contribution < 1.29 is 4.42 Å². The molecule has 1 N–H and O–H groups in total. The quantitative estimate of drug-likeness (QED) is 0.917. The van der Waals surface area contributed by atoms with Crippen LogP contribution in [0, 0.1) is 0 Å². The van der Waals surface area contributed by atoms with Gasteiger partial charge in [0.15, 0.2) is 12.2 Å². The molecule has 3 nitrogen and oxygen atoms in total. The van der Waals surface area contributed by atoms with Gasteiger partial charge in [-0.05, 0) is 45.0 Å². The van der Waals surface area contributed by atoms with Crippen LogP contribution in [0.2, 0.25) is 0 Å². The second-order valence-electron chi connectivity index (χ2n) is 2.89. The average molecular weight is 352 g/mol. The maximum atomic E-state index is 5.39. The van der Waals surface area contributed by atoms with E-state index >= 15 is 0 Å². The zero-order chi connectivity index (χ0) is 10.8.